The number of nitrogens with zero attached hydrogens (tertiary/aromatic N) is 3. The van der Waals surface area contributed by atoms with Crippen LogP contribution >= 0.6 is 11.3 Å². The topological polar surface area (TPSA) is 57.8 Å². The van der Waals surface area contributed by atoms with Crippen LogP contribution in [0, 0.1) is 13.8 Å². The molecular formula is C22H23N3O2S. The molecule has 0 atom stereocenters. The molecule has 6 heteroatoms. The first kappa shape index (κ1) is 18.5. The molecule has 0 saturated heterocycles. The van der Waals surface area contributed by atoms with Crippen molar-refractivity contribution in [3.63, 3.8) is 0 Å². The molecule has 2 heterocycles. The van der Waals surface area contributed by atoms with Gasteiger partial charge in [-0.05, 0) is 63.1 Å². The molecule has 0 unspecified atom stereocenters. The van der Waals surface area contributed by atoms with E-state index in [0.29, 0.717) is 15.1 Å². The van der Waals surface area contributed by atoms with Crippen molar-refractivity contribution in [1.82, 2.24) is 9.38 Å². The van der Waals surface area contributed by atoms with Crippen LogP contribution in [0.1, 0.15) is 30.5 Å². The molecule has 4 aromatic rings. The number of phenolic OH excluding ortho intramolecular Hbond substituents is 1. The Morgan fingerprint density at radius 2 is 1.93 bits per heavy atom. The molecule has 2 aromatic heterocycles. The normalized spacial score (nSPS) is 12.4. The summed E-state index contributed by atoms with van der Waals surface area (Å²) in [7, 11) is 0. The van der Waals surface area contributed by atoms with Gasteiger partial charge < -0.3 is 10.0 Å². The summed E-state index contributed by atoms with van der Waals surface area (Å²) < 4.78 is 2.24. The molecule has 0 amide bonds. The van der Waals surface area contributed by atoms with Gasteiger partial charge in [-0.3, -0.25) is 4.79 Å². The zero-order chi connectivity index (χ0) is 20.0. The van der Waals surface area contributed by atoms with Gasteiger partial charge in [0.05, 0.1) is 15.6 Å². The van der Waals surface area contributed by atoms with Crippen molar-refractivity contribution in [3.8, 4) is 5.75 Å². The molecule has 0 aliphatic carbocycles. The number of phenols is 1. The van der Waals surface area contributed by atoms with Gasteiger partial charge >= 0.3 is 0 Å². The van der Waals surface area contributed by atoms with Crippen molar-refractivity contribution in [1.29, 1.82) is 0 Å². The van der Waals surface area contributed by atoms with Crippen LogP contribution in [0.4, 0.5) is 5.69 Å². The Bertz CT molecular complexity index is 1300. The van der Waals surface area contributed by atoms with E-state index < -0.39 is 0 Å². The Kier molecular flexibility index (Phi) is 4.59. The Balaban J connectivity index is 1.87. The SMILES string of the molecule is CCN(CC)c1ccc(C=c2sc3nc4c(C)cc(C)cc4n3c2=O)c(O)c1. The third-order valence-electron chi connectivity index (χ3n) is 5.11. The van der Waals surface area contributed by atoms with Crippen LogP contribution < -0.4 is 15.0 Å². The number of benzene rings is 2. The zero-order valence-corrected chi connectivity index (χ0v) is 17.3. The largest absolute Gasteiger partial charge is 0.507 e. The minimum Gasteiger partial charge on any atom is -0.507 e. The summed E-state index contributed by atoms with van der Waals surface area (Å²) in [5.41, 5.74) is 5.39. The second-order valence-corrected chi connectivity index (χ2v) is 8.02. The van der Waals surface area contributed by atoms with E-state index in [4.69, 9.17) is 0 Å². The van der Waals surface area contributed by atoms with Gasteiger partial charge in [-0.2, -0.15) is 0 Å². The lowest BCUT2D eigenvalue weighted by molar-refractivity contribution is 0.474. The Labute approximate surface area is 167 Å². The number of fused-ring (bicyclic) bond motifs is 3. The Morgan fingerprint density at radius 1 is 1.18 bits per heavy atom. The molecule has 2 aromatic carbocycles. The summed E-state index contributed by atoms with van der Waals surface area (Å²) in [6.07, 6.45) is 1.75. The highest BCUT2D eigenvalue weighted by molar-refractivity contribution is 7.15. The van der Waals surface area contributed by atoms with Crippen molar-refractivity contribution in [2.24, 2.45) is 0 Å². The second-order valence-electron chi connectivity index (χ2n) is 7.01. The van der Waals surface area contributed by atoms with E-state index >= 15 is 0 Å². The highest BCUT2D eigenvalue weighted by Gasteiger charge is 2.14. The number of anilines is 1. The summed E-state index contributed by atoms with van der Waals surface area (Å²) in [5.74, 6) is 0.173. The highest BCUT2D eigenvalue weighted by atomic mass is 32.1. The fraction of sp³-hybridized carbons (Fsp3) is 0.273. The summed E-state index contributed by atoms with van der Waals surface area (Å²) >= 11 is 1.35. The van der Waals surface area contributed by atoms with E-state index in [0.717, 1.165) is 40.9 Å². The van der Waals surface area contributed by atoms with E-state index in [1.807, 2.05) is 32.0 Å². The van der Waals surface area contributed by atoms with Crippen molar-refractivity contribution < 1.29 is 5.11 Å². The molecule has 0 fully saturated rings. The molecule has 28 heavy (non-hydrogen) atoms. The van der Waals surface area contributed by atoms with E-state index in [1.54, 1.807) is 16.5 Å². The predicted molar refractivity (Wildman–Crippen MR) is 117 cm³/mol. The maximum absolute atomic E-state index is 13.0. The van der Waals surface area contributed by atoms with Gasteiger partial charge in [0.2, 0.25) is 0 Å². The lowest BCUT2D eigenvalue weighted by atomic mass is 10.1. The molecule has 1 N–H and O–H groups in total. The number of thiazole rings is 1. The molecule has 144 valence electrons. The van der Waals surface area contributed by atoms with Gasteiger partial charge in [0.1, 0.15) is 5.75 Å². The summed E-state index contributed by atoms with van der Waals surface area (Å²) in [6.45, 7) is 9.94. The van der Waals surface area contributed by atoms with Crippen LogP contribution in [0.25, 0.3) is 22.1 Å². The van der Waals surface area contributed by atoms with Crippen molar-refractivity contribution in [2.45, 2.75) is 27.7 Å². The molecule has 5 nitrogen and oxygen atoms in total. The molecule has 0 bridgehead atoms. The van der Waals surface area contributed by atoms with Crippen LogP contribution in [-0.4, -0.2) is 27.6 Å². The van der Waals surface area contributed by atoms with Gasteiger partial charge in [-0.25, -0.2) is 9.38 Å². The molecule has 0 spiro atoms. The zero-order valence-electron chi connectivity index (χ0n) is 16.5. The Hall–Kier alpha value is -2.86. The van der Waals surface area contributed by atoms with Crippen LogP contribution in [0.2, 0.25) is 0 Å². The van der Waals surface area contributed by atoms with E-state index in [2.05, 4.69) is 29.8 Å². The number of aromatic hydroxyl groups is 1. The second kappa shape index (κ2) is 6.95. The number of hydrogen-bond donors (Lipinski definition) is 1. The van der Waals surface area contributed by atoms with Crippen molar-refractivity contribution in [3.05, 3.63) is 61.9 Å². The van der Waals surface area contributed by atoms with Crippen LogP contribution in [0.3, 0.4) is 0 Å². The van der Waals surface area contributed by atoms with Gasteiger partial charge in [0.25, 0.3) is 5.56 Å². The first-order chi connectivity index (χ1) is 13.4. The molecule has 0 saturated carbocycles. The predicted octanol–water partition coefficient (Wildman–Crippen LogP) is 3.63. The standard InChI is InChI=1S/C22H23N3O2S/c1-5-24(6-2)16-8-7-15(18(26)12-16)11-19-21(27)25-17-10-13(3)9-14(4)20(17)23-22(25)28-19/h7-12,26H,5-6H2,1-4H3. The minimum absolute atomic E-state index is 0.0975. The number of hydrogen-bond acceptors (Lipinski definition) is 5. The Morgan fingerprint density at radius 3 is 2.61 bits per heavy atom. The molecule has 0 aliphatic rings. The average Bonchev–Trinajstić information content (AvgIpc) is 3.16. The fourth-order valence-corrected chi connectivity index (χ4v) is 4.66. The summed E-state index contributed by atoms with van der Waals surface area (Å²) in [5, 5.41) is 10.5. The molecule has 4 rings (SSSR count). The van der Waals surface area contributed by atoms with Crippen LogP contribution in [0.15, 0.2) is 35.1 Å². The van der Waals surface area contributed by atoms with E-state index in [-0.39, 0.29) is 11.3 Å². The number of aryl methyl sites for hydroxylation is 2. The van der Waals surface area contributed by atoms with Gasteiger partial charge in [-0.15, -0.1) is 0 Å². The fourth-order valence-electron chi connectivity index (χ4n) is 3.69. The third kappa shape index (κ3) is 2.94. The number of imidazole rings is 1. The quantitative estimate of drug-likeness (QED) is 0.575. The van der Waals surface area contributed by atoms with Crippen molar-refractivity contribution >= 4 is 39.1 Å². The van der Waals surface area contributed by atoms with Crippen LogP contribution in [-0.2, 0) is 0 Å². The first-order valence-electron chi connectivity index (χ1n) is 9.44. The monoisotopic (exact) mass is 393 g/mol. The van der Waals surface area contributed by atoms with E-state index in [9.17, 15) is 9.90 Å². The molecule has 0 radical (unpaired) electrons. The smallest absolute Gasteiger partial charge is 0.274 e. The lowest BCUT2D eigenvalue weighted by Crippen LogP contribution is -2.23. The average molecular weight is 394 g/mol. The van der Waals surface area contributed by atoms with Gasteiger partial charge in [0, 0.05) is 30.4 Å². The molecule has 0 aliphatic heterocycles. The lowest BCUT2D eigenvalue weighted by Gasteiger charge is -2.21. The van der Waals surface area contributed by atoms with Crippen molar-refractivity contribution in [2.75, 3.05) is 18.0 Å². The summed E-state index contributed by atoms with van der Waals surface area (Å²) in [4.78, 5) is 20.5. The van der Waals surface area contributed by atoms with E-state index in [1.165, 1.54) is 11.3 Å². The van der Waals surface area contributed by atoms with Crippen LogP contribution in [0.5, 0.6) is 5.75 Å². The highest BCUT2D eigenvalue weighted by Crippen LogP contribution is 2.26. The maximum Gasteiger partial charge on any atom is 0.274 e. The van der Waals surface area contributed by atoms with Gasteiger partial charge in [-0.1, -0.05) is 17.4 Å². The minimum atomic E-state index is -0.0975. The maximum atomic E-state index is 13.0. The number of rotatable bonds is 4. The first-order valence-corrected chi connectivity index (χ1v) is 10.3. The number of aromatic nitrogens is 2. The molecular weight excluding hydrogens is 370 g/mol. The van der Waals surface area contributed by atoms with Gasteiger partial charge in [0.15, 0.2) is 4.96 Å². The third-order valence-corrected chi connectivity index (χ3v) is 6.08. The summed E-state index contributed by atoms with van der Waals surface area (Å²) in [6, 6.07) is 9.66.